The summed E-state index contributed by atoms with van der Waals surface area (Å²) in [6.45, 7) is 6.83. The zero-order valence-corrected chi connectivity index (χ0v) is 12.2. The van der Waals surface area contributed by atoms with Gasteiger partial charge in [-0.25, -0.2) is 4.39 Å². The first-order valence-electron chi connectivity index (χ1n) is 7.25. The van der Waals surface area contributed by atoms with E-state index in [2.05, 4.69) is 23.7 Å². The molecule has 1 aromatic rings. The lowest BCUT2D eigenvalue weighted by Gasteiger charge is -2.36. The van der Waals surface area contributed by atoms with Crippen molar-refractivity contribution >= 4 is 0 Å². The Bertz CT molecular complexity index is 426. The van der Waals surface area contributed by atoms with Gasteiger partial charge in [-0.2, -0.15) is 0 Å². The number of hydrogen-bond donors (Lipinski definition) is 2. The highest BCUT2D eigenvalue weighted by atomic mass is 19.1. The summed E-state index contributed by atoms with van der Waals surface area (Å²) in [4.78, 5) is 6.40. The molecular weight excluding hydrogens is 257 g/mol. The van der Waals surface area contributed by atoms with Crippen LogP contribution in [0.25, 0.3) is 0 Å². The van der Waals surface area contributed by atoms with E-state index in [0.29, 0.717) is 5.92 Å². The molecule has 4 unspecified atom stereocenters. The number of aliphatic hydroxyl groups excluding tert-OH is 1. The second kappa shape index (κ2) is 6.61. The van der Waals surface area contributed by atoms with Crippen LogP contribution >= 0.6 is 0 Å². The van der Waals surface area contributed by atoms with Crippen molar-refractivity contribution in [3.05, 3.63) is 29.8 Å². The van der Waals surface area contributed by atoms with Gasteiger partial charge >= 0.3 is 0 Å². The fourth-order valence-corrected chi connectivity index (χ4v) is 2.78. The molecule has 0 aromatic carbocycles. The largest absolute Gasteiger partial charge is 0.393 e. The quantitative estimate of drug-likeness (QED) is 0.879. The molecule has 4 nitrogen and oxygen atoms in total. The fraction of sp³-hybridized carbons (Fsp3) is 0.667. The predicted molar refractivity (Wildman–Crippen MR) is 76.5 cm³/mol. The van der Waals surface area contributed by atoms with Gasteiger partial charge in [-0.1, -0.05) is 13.8 Å². The summed E-state index contributed by atoms with van der Waals surface area (Å²) in [5, 5.41) is 9.75. The van der Waals surface area contributed by atoms with Gasteiger partial charge in [0.05, 0.1) is 24.0 Å². The summed E-state index contributed by atoms with van der Waals surface area (Å²) in [6.07, 6.45) is 1.84. The molecule has 0 aliphatic carbocycles. The van der Waals surface area contributed by atoms with Crippen LogP contribution in [0.2, 0.25) is 0 Å². The number of piperidine rings is 1. The molecule has 0 radical (unpaired) electrons. The molecule has 1 aliphatic heterocycles. The molecule has 112 valence electrons. The molecule has 1 aliphatic rings. The maximum Gasteiger partial charge on any atom is 0.141 e. The van der Waals surface area contributed by atoms with Gasteiger partial charge in [0.1, 0.15) is 5.82 Å². The highest BCUT2D eigenvalue weighted by molar-refractivity contribution is 5.10. The first kappa shape index (κ1) is 15.4. The molecular formula is C15H24FN3O. The number of nitrogens with two attached hydrogens (primary N) is 1. The molecule has 1 saturated heterocycles. The smallest absolute Gasteiger partial charge is 0.141 e. The zero-order valence-electron chi connectivity index (χ0n) is 12.2. The Morgan fingerprint density at radius 3 is 2.90 bits per heavy atom. The van der Waals surface area contributed by atoms with Gasteiger partial charge in [-0.3, -0.25) is 4.98 Å². The molecule has 4 atom stereocenters. The van der Waals surface area contributed by atoms with E-state index in [4.69, 9.17) is 5.73 Å². The lowest BCUT2D eigenvalue weighted by molar-refractivity contribution is 0.0285. The van der Waals surface area contributed by atoms with E-state index in [0.717, 1.165) is 31.7 Å². The van der Waals surface area contributed by atoms with Gasteiger partial charge in [0.2, 0.25) is 0 Å². The lowest BCUT2D eigenvalue weighted by atomic mass is 9.93. The Hall–Kier alpha value is -1.04. The third-order valence-electron chi connectivity index (χ3n) is 4.20. The monoisotopic (exact) mass is 281 g/mol. The maximum absolute atomic E-state index is 12.9. The second-order valence-electron chi connectivity index (χ2n) is 6.00. The van der Waals surface area contributed by atoms with Crippen molar-refractivity contribution in [3.8, 4) is 0 Å². The molecule has 20 heavy (non-hydrogen) atoms. The molecule has 2 heterocycles. The number of aromatic nitrogens is 1. The van der Waals surface area contributed by atoms with Gasteiger partial charge in [0, 0.05) is 19.6 Å². The first-order chi connectivity index (χ1) is 9.47. The SMILES string of the molecule is CC1CN(CC(C)C(N)c2ccc(F)cn2)CCC1O. The van der Waals surface area contributed by atoms with Crippen LogP contribution < -0.4 is 5.73 Å². The van der Waals surface area contributed by atoms with E-state index < -0.39 is 0 Å². The highest BCUT2D eigenvalue weighted by Gasteiger charge is 2.26. The molecule has 1 fully saturated rings. The van der Waals surface area contributed by atoms with Crippen LogP contribution in [0, 0.1) is 17.7 Å². The van der Waals surface area contributed by atoms with Crippen LogP contribution in [0.4, 0.5) is 4.39 Å². The van der Waals surface area contributed by atoms with Crippen molar-refractivity contribution in [2.75, 3.05) is 19.6 Å². The van der Waals surface area contributed by atoms with E-state index >= 15 is 0 Å². The number of halogens is 1. The minimum atomic E-state index is -0.340. The van der Waals surface area contributed by atoms with Crippen LogP contribution in [0.3, 0.4) is 0 Å². The van der Waals surface area contributed by atoms with Crippen LogP contribution in [-0.4, -0.2) is 40.7 Å². The standard InChI is InChI=1S/C15H24FN3O/c1-10-8-19(6-5-14(10)20)9-11(2)15(17)13-4-3-12(16)7-18-13/h3-4,7,10-11,14-15,20H,5-6,8-9,17H2,1-2H3. The van der Waals surface area contributed by atoms with Gasteiger partial charge in [-0.15, -0.1) is 0 Å². The molecule has 3 N–H and O–H groups in total. The molecule has 5 heteroatoms. The summed E-state index contributed by atoms with van der Waals surface area (Å²) in [7, 11) is 0. The molecule has 0 bridgehead atoms. The maximum atomic E-state index is 12.9. The zero-order chi connectivity index (χ0) is 14.7. The topological polar surface area (TPSA) is 62.4 Å². The Balaban J connectivity index is 1.91. The Morgan fingerprint density at radius 1 is 1.55 bits per heavy atom. The summed E-state index contributed by atoms with van der Waals surface area (Å²) < 4.78 is 12.9. The number of aliphatic hydroxyl groups is 1. The van der Waals surface area contributed by atoms with Gasteiger partial charge in [-0.05, 0) is 30.4 Å². The molecule has 0 spiro atoms. The average molecular weight is 281 g/mol. The Morgan fingerprint density at radius 2 is 2.30 bits per heavy atom. The van der Waals surface area contributed by atoms with Gasteiger partial charge in [0.25, 0.3) is 0 Å². The van der Waals surface area contributed by atoms with Crippen LogP contribution in [0.15, 0.2) is 18.3 Å². The van der Waals surface area contributed by atoms with Crippen LogP contribution in [0.1, 0.15) is 32.0 Å². The minimum Gasteiger partial charge on any atom is -0.393 e. The highest BCUT2D eigenvalue weighted by Crippen LogP contribution is 2.22. The van der Waals surface area contributed by atoms with Gasteiger partial charge < -0.3 is 15.7 Å². The Kier molecular flexibility index (Phi) is 5.07. The number of hydrogen-bond acceptors (Lipinski definition) is 4. The molecule has 2 rings (SSSR count). The van der Waals surface area contributed by atoms with E-state index in [1.165, 1.54) is 12.3 Å². The lowest BCUT2D eigenvalue weighted by Crippen LogP contribution is -2.44. The van der Waals surface area contributed by atoms with E-state index in [-0.39, 0.29) is 23.9 Å². The predicted octanol–water partition coefficient (Wildman–Crippen LogP) is 1.56. The fourth-order valence-electron chi connectivity index (χ4n) is 2.78. The van der Waals surface area contributed by atoms with Crippen molar-refractivity contribution in [1.29, 1.82) is 0 Å². The van der Waals surface area contributed by atoms with Crippen LogP contribution in [-0.2, 0) is 0 Å². The van der Waals surface area contributed by atoms with Crippen LogP contribution in [0.5, 0.6) is 0 Å². The number of rotatable bonds is 4. The molecule has 0 saturated carbocycles. The summed E-state index contributed by atoms with van der Waals surface area (Å²) >= 11 is 0. The van der Waals surface area contributed by atoms with E-state index in [1.807, 2.05) is 0 Å². The molecule has 0 amide bonds. The summed E-state index contributed by atoms with van der Waals surface area (Å²) in [5.41, 5.74) is 6.93. The third-order valence-corrected chi connectivity index (χ3v) is 4.20. The summed E-state index contributed by atoms with van der Waals surface area (Å²) in [5.74, 6) is 0.193. The minimum absolute atomic E-state index is 0.186. The molecule has 1 aromatic heterocycles. The van der Waals surface area contributed by atoms with Gasteiger partial charge in [0.15, 0.2) is 0 Å². The number of nitrogens with zero attached hydrogens (tertiary/aromatic N) is 2. The third kappa shape index (κ3) is 3.75. The number of likely N-dealkylation sites (tertiary alicyclic amines) is 1. The van der Waals surface area contributed by atoms with Crippen molar-refractivity contribution in [3.63, 3.8) is 0 Å². The number of pyridine rings is 1. The Labute approximate surface area is 119 Å². The first-order valence-corrected chi connectivity index (χ1v) is 7.25. The van der Waals surface area contributed by atoms with Crippen molar-refractivity contribution in [2.24, 2.45) is 17.6 Å². The van der Waals surface area contributed by atoms with Crippen molar-refractivity contribution < 1.29 is 9.50 Å². The average Bonchev–Trinajstić information content (AvgIpc) is 2.43. The van der Waals surface area contributed by atoms with E-state index in [9.17, 15) is 9.50 Å². The normalized spacial score (nSPS) is 27.2. The van der Waals surface area contributed by atoms with Crippen molar-refractivity contribution in [1.82, 2.24) is 9.88 Å². The van der Waals surface area contributed by atoms with Crippen molar-refractivity contribution in [2.45, 2.75) is 32.4 Å². The van der Waals surface area contributed by atoms with E-state index in [1.54, 1.807) is 6.07 Å². The second-order valence-corrected chi connectivity index (χ2v) is 6.00. The summed E-state index contributed by atoms with van der Waals surface area (Å²) in [6, 6.07) is 2.85.